The van der Waals surface area contributed by atoms with Crippen LogP contribution in [0.15, 0.2) is 35.9 Å². The van der Waals surface area contributed by atoms with Gasteiger partial charge in [0.25, 0.3) is 0 Å². The van der Waals surface area contributed by atoms with Crippen LogP contribution in [-0.2, 0) is 14.3 Å². The molecule has 0 amide bonds. The van der Waals surface area contributed by atoms with Crippen molar-refractivity contribution in [1.29, 1.82) is 0 Å². The van der Waals surface area contributed by atoms with Gasteiger partial charge in [-0.25, -0.2) is 4.79 Å². The number of carbonyl (C=O) groups excluding carboxylic acids is 2. The smallest absolute Gasteiger partial charge is 0.338 e. The Labute approximate surface area is 184 Å². The average molecular weight is 431 g/mol. The zero-order chi connectivity index (χ0) is 23.0. The minimum Gasteiger partial charge on any atom is -0.497 e. The number of aliphatic hydroxyl groups is 1. The van der Waals surface area contributed by atoms with E-state index in [9.17, 15) is 14.7 Å². The molecule has 1 unspecified atom stereocenters. The van der Waals surface area contributed by atoms with E-state index in [0.29, 0.717) is 30.6 Å². The second-order valence-electron chi connectivity index (χ2n) is 9.55. The van der Waals surface area contributed by atoms with Crippen LogP contribution in [0.1, 0.15) is 64.2 Å². The summed E-state index contributed by atoms with van der Waals surface area (Å²) in [4.78, 5) is 24.9. The van der Waals surface area contributed by atoms with Crippen molar-refractivity contribution < 1.29 is 28.9 Å². The van der Waals surface area contributed by atoms with Crippen LogP contribution in [0, 0.1) is 17.3 Å². The van der Waals surface area contributed by atoms with Crippen molar-refractivity contribution in [3.8, 4) is 5.75 Å². The molecular formula is C25H34O6. The Bertz CT molecular complexity index is 857. The number of fused-ring (bicyclic) bond motifs is 1. The topological polar surface area (TPSA) is 82.1 Å². The summed E-state index contributed by atoms with van der Waals surface area (Å²) in [6, 6.07) is 6.78. The number of methoxy groups -OCH3 is 1. The van der Waals surface area contributed by atoms with Crippen molar-refractivity contribution in [2.75, 3.05) is 7.11 Å². The molecule has 1 fully saturated rings. The summed E-state index contributed by atoms with van der Waals surface area (Å²) in [6.45, 7) is 9.36. The molecule has 0 saturated heterocycles. The minimum absolute atomic E-state index is 0.0436. The van der Waals surface area contributed by atoms with Crippen LogP contribution in [0.3, 0.4) is 0 Å². The fraction of sp³-hybridized carbons (Fsp3) is 0.600. The first-order valence-corrected chi connectivity index (χ1v) is 10.9. The number of hydrogen-bond acceptors (Lipinski definition) is 6. The first-order chi connectivity index (χ1) is 14.5. The molecule has 2 aliphatic rings. The van der Waals surface area contributed by atoms with Crippen LogP contribution in [0.4, 0.5) is 0 Å². The van der Waals surface area contributed by atoms with Gasteiger partial charge in [-0.3, -0.25) is 4.79 Å². The molecule has 0 spiro atoms. The van der Waals surface area contributed by atoms with Crippen molar-refractivity contribution in [2.24, 2.45) is 17.3 Å². The maximum atomic E-state index is 13.0. The maximum absolute atomic E-state index is 13.0. The van der Waals surface area contributed by atoms with E-state index in [4.69, 9.17) is 14.2 Å². The molecule has 5 atom stereocenters. The SMILES string of the molecule is COc1ccc(C(=O)O[C@@H]2CC(C)=C[C@@H](OC(C)=O)[C@]3(C)CC[C@](O)(C(C)C)C23)cc1. The van der Waals surface area contributed by atoms with Crippen LogP contribution in [0.2, 0.25) is 0 Å². The third kappa shape index (κ3) is 4.36. The lowest BCUT2D eigenvalue weighted by Gasteiger charge is -2.45. The van der Waals surface area contributed by atoms with E-state index >= 15 is 0 Å². The summed E-state index contributed by atoms with van der Waals surface area (Å²) < 4.78 is 16.9. The first kappa shape index (κ1) is 23.3. The Morgan fingerprint density at radius 2 is 1.77 bits per heavy atom. The van der Waals surface area contributed by atoms with Gasteiger partial charge >= 0.3 is 11.9 Å². The third-order valence-corrected chi connectivity index (χ3v) is 7.17. The zero-order valence-electron chi connectivity index (χ0n) is 19.3. The molecule has 170 valence electrons. The van der Waals surface area contributed by atoms with Crippen molar-refractivity contribution >= 4 is 11.9 Å². The first-order valence-electron chi connectivity index (χ1n) is 10.9. The quantitative estimate of drug-likeness (QED) is 0.554. The molecule has 0 radical (unpaired) electrons. The van der Waals surface area contributed by atoms with E-state index in [1.807, 2.05) is 33.8 Å². The summed E-state index contributed by atoms with van der Waals surface area (Å²) >= 11 is 0. The van der Waals surface area contributed by atoms with Crippen LogP contribution in [-0.4, -0.2) is 42.0 Å². The molecule has 1 aromatic carbocycles. The molecule has 0 bridgehead atoms. The van der Waals surface area contributed by atoms with E-state index in [2.05, 4.69) is 0 Å². The van der Waals surface area contributed by atoms with Crippen molar-refractivity contribution in [2.45, 2.75) is 71.7 Å². The second kappa shape index (κ2) is 8.65. The van der Waals surface area contributed by atoms with Gasteiger partial charge in [0.15, 0.2) is 0 Å². The van der Waals surface area contributed by atoms with Crippen LogP contribution in [0.5, 0.6) is 5.75 Å². The maximum Gasteiger partial charge on any atom is 0.338 e. The minimum atomic E-state index is -1.03. The zero-order valence-corrected chi connectivity index (χ0v) is 19.3. The number of rotatable bonds is 5. The normalized spacial score (nSPS) is 32.6. The molecule has 1 aromatic rings. The lowest BCUT2D eigenvalue weighted by molar-refractivity contribution is -0.161. The highest BCUT2D eigenvalue weighted by molar-refractivity contribution is 5.89. The number of carbonyl (C=O) groups is 2. The summed E-state index contributed by atoms with van der Waals surface area (Å²) in [5.74, 6) is -0.556. The molecule has 2 aliphatic carbocycles. The van der Waals surface area contributed by atoms with Gasteiger partial charge in [-0.1, -0.05) is 26.3 Å². The van der Waals surface area contributed by atoms with Gasteiger partial charge < -0.3 is 19.3 Å². The van der Waals surface area contributed by atoms with E-state index in [1.54, 1.807) is 31.4 Å². The predicted octanol–water partition coefficient (Wildman–Crippen LogP) is 4.31. The molecule has 31 heavy (non-hydrogen) atoms. The summed E-state index contributed by atoms with van der Waals surface area (Å²) in [7, 11) is 1.57. The highest BCUT2D eigenvalue weighted by Gasteiger charge is 2.63. The van der Waals surface area contributed by atoms with Gasteiger partial charge in [-0.2, -0.15) is 0 Å². The van der Waals surface area contributed by atoms with Gasteiger partial charge in [0.2, 0.25) is 0 Å². The molecule has 0 heterocycles. The van der Waals surface area contributed by atoms with Gasteiger partial charge in [-0.05, 0) is 56.0 Å². The lowest BCUT2D eigenvalue weighted by Crippen LogP contribution is -2.53. The molecular weight excluding hydrogens is 396 g/mol. The Morgan fingerprint density at radius 1 is 1.13 bits per heavy atom. The lowest BCUT2D eigenvalue weighted by atomic mass is 9.66. The van der Waals surface area contributed by atoms with Gasteiger partial charge in [-0.15, -0.1) is 0 Å². The molecule has 0 aromatic heterocycles. The Hall–Kier alpha value is -2.34. The molecule has 3 rings (SSSR count). The number of benzene rings is 1. The van der Waals surface area contributed by atoms with E-state index in [0.717, 1.165) is 5.57 Å². The molecule has 1 saturated carbocycles. The fourth-order valence-electron chi connectivity index (χ4n) is 5.41. The molecule has 1 N–H and O–H groups in total. The molecule has 0 aliphatic heterocycles. The Balaban J connectivity index is 1.98. The summed E-state index contributed by atoms with van der Waals surface area (Å²) in [6.07, 6.45) is 2.66. The van der Waals surface area contributed by atoms with Crippen molar-refractivity contribution in [1.82, 2.24) is 0 Å². The van der Waals surface area contributed by atoms with E-state index in [1.165, 1.54) is 6.92 Å². The standard InChI is InChI=1S/C25H34O6/c1-15(2)25(28)12-11-24(5)21(30-17(4)26)14-16(3)13-20(22(24)25)31-23(27)18-7-9-19(29-6)10-8-18/h7-10,14-15,20-22,28H,11-13H2,1-6H3/t20-,21-,22?,24+,25+/m1/s1. The summed E-state index contributed by atoms with van der Waals surface area (Å²) in [5.41, 5.74) is -0.180. The number of esters is 2. The summed E-state index contributed by atoms with van der Waals surface area (Å²) in [5, 5.41) is 11.7. The highest BCUT2D eigenvalue weighted by Crippen LogP contribution is 2.58. The number of ether oxygens (including phenoxy) is 3. The van der Waals surface area contributed by atoms with Crippen LogP contribution in [0.25, 0.3) is 0 Å². The Morgan fingerprint density at radius 3 is 2.32 bits per heavy atom. The van der Waals surface area contributed by atoms with Gasteiger partial charge in [0.1, 0.15) is 18.0 Å². The highest BCUT2D eigenvalue weighted by atomic mass is 16.6. The van der Waals surface area contributed by atoms with Crippen molar-refractivity contribution in [3.63, 3.8) is 0 Å². The van der Waals surface area contributed by atoms with Crippen molar-refractivity contribution in [3.05, 3.63) is 41.5 Å². The Kier molecular flexibility index (Phi) is 6.51. The van der Waals surface area contributed by atoms with E-state index < -0.39 is 29.2 Å². The molecule has 6 heteroatoms. The predicted molar refractivity (Wildman–Crippen MR) is 117 cm³/mol. The number of hydrogen-bond donors (Lipinski definition) is 1. The third-order valence-electron chi connectivity index (χ3n) is 7.17. The van der Waals surface area contributed by atoms with E-state index in [-0.39, 0.29) is 17.8 Å². The van der Waals surface area contributed by atoms with Gasteiger partial charge in [0.05, 0.1) is 18.3 Å². The monoisotopic (exact) mass is 430 g/mol. The van der Waals surface area contributed by atoms with Crippen LogP contribution >= 0.6 is 0 Å². The van der Waals surface area contributed by atoms with Crippen LogP contribution < -0.4 is 4.74 Å². The average Bonchev–Trinajstić information content (AvgIpc) is 2.94. The van der Waals surface area contributed by atoms with Gasteiger partial charge in [0, 0.05) is 24.7 Å². The largest absolute Gasteiger partial charge is 0.497 e. The molecule has 6 nitrogen and oxygen atoms in total. The fourth-order valence-corrected chi connectivity index (χ4v) is 5.41. The second-order valence-corrected chi connectivity index (χ2v) is 9.55.